The van der Waals surface area contributed by atoms with Gasteiger partial charge in [0.05, 0.1) is 20.0 Å². The van der Waals surface area contributed by atoms with Crippen molar-refractivity contribution < 1.29 is 8.42 Å². The Bertz CT molecular complexity index is 923. The topological polar surface area (TPSA) is 53.5 Å². The standard InChI is InChI=1S/C17H18Cl3N3O2S/c1-11-10-23(26(24,25)13-5-6-14(18)16(20)8-13)12(2)9-22(11)17-15(19)4-3-7-21-17/h3-8,11-12H,9-10H2,1-2H3. The van der Waals surface area contributed by atoms with Gasteiger partial charge in [0, 0.05) is 31.4 Å². The normalized spacial score (nSPS) is 21.8. The quantitative estimate of drug-likeness (QED) is 0.721. The molecule has 1 aromatic carbocycles. The fourth-order valence-electron chi connectivity index (χ4n) is 3.09. The maximum absolute atomic E-state index is 13.1. The lowest BCUT2D eigenvalue weighted by Crippen LogP contribution is -2.58. The van der Waals surface area contributed by atoms with Gasteiger partial charge < -0.3 is 4.90 Å². The van der Waals surface area contributed by atoms with Crippen LogP contribution < -0.4 is 4.90 Å². The van der Waals surface area contributed by atoms with Gasteiger partial charge in [-0.1, -0.05) is 34.8 Å². The van der Waals surface area contributed by atoms with Crippen molar-refractivity contribution in [3.05, 3.63) is 51.6 Å². The molecular weight excluding hydrogens is 417 g/mol. The van der Waals surface area contributed by atoms with Crippen LogP contribution >= 0.6 is 34.8 Å². The first-order valence-corrected chi connectivity index (χ1v) is 10.6. The van der Waals surface area contributed by atoms with Gasteiger partial charge in [0.25, 0.3) is 0 Å². The van der Waals surface area contributed by atoms with E-state index in [0.29, 0.717) is 29.0 Å². The van der Waals surface area contributed by atoms with E-state index in [1.165, 1.54) is 22.5 Å². The van der Waals surface area contributed by atoms with Crippen molar-refractivity contribution in [1.29, 1.82) is 0 Å². The van der Waals surface area contributed by atoms with E-state index in [-0.39, 0.29) is 22.0 Å². The zero-order chi connectivity index (χ0) is 19.1. The summed E-state index contributed by atoms with van der Waals surface area (Å²) in [6.07, 6.45) is 1.68. The van der Waals surface area contributed by atoms with Crippen LogP contribution in [0.3, 0.4) is 0 Å². The van der Waals surface area contributed by atoms with E-state index in [4.69, 9.17) is 34.8 Å². The lowest BCUT2D eigenvalue weighted by atomic mass is 10.1. The van der Waals surface area contributed by atoms with Crippen LogP contribution in [0.15, 0.2) is 41.4 Å². The second-order valence-electron chi connectivity index (χ2n) is 6.31. The molecule has 1 saturated heterocycles. The molecule has 2 aromatic rings. The molecule has 0 radical (unpaired) electrons. The lowest BCUT2D eigenvalue weighted by Gasteiger charge is -2.44. The first-order chi connectivity index (χ1) is 12.2. The maximum Gasteiger partial charge on any atom is 0.243 e. The van der Waals surface area contributed by atoms with Crippen LogP contribution in [-0.4, -0.2) is 42.9 Å². The molecule has 1 fully saturated rings. The van der Waals surface area contributed by atoms with Crippen molar-refractivity contribution in [3.63, 3.8) is 0 Å². The lowest BCUT2D eigenvalue weighted by molar-refractivity contribution is 0.272. The molecule has 2 heterocycles. The molecule has 0 N–H and O–H groups in total. The van der Waals surface area contributed by atoms with Gasteiger partial charge >= 0.3 is 0 Å². The highest BCUT2D eigenvalue weighted by Gasteiger charge is 2.38. The molecule has 2 atom stereocenters. The summed E-state index contributed by atoms with van der Waals surface area (Å²) in [5, 5.41) is 1.08. The zero-order valence-electron chi connectivity index (χ0n) is 14.2. The molecule has 0 aliphatic carbocycles. The second kappa shape index (κ2) is 7.52. The third kappa shape index (κ3) is 3.66. The van der Waals surface area contributed by atoms with Gasteiger partial charge in [-0.2, -0.15) is 4.31 Å². The Labute approximate surface area is 168 Å². The number of pyridine rings is 1. The Hall–Kier alpha value is -1.05. The van der Waals surface area contributed by atoms with Crippen molar-refractivity contribution in [2.24, 2.45) is 0 Å². The van der Waals surface area contributed by atoms with E-state index in [9.17, 15) is 8.42 Å². The van der Waals surface area contributed by atoms with E-state index >= 15 is 0 Å². The average Bonchev–Trinajstić information content (AvgIpc) is 2.59. The summed E-state index contributed by atoms with van der Waals surface area (Å²) < 4.78 is 27.7. The largest absolute Gasteiger partial charge is 0.350 e. The number of hydrogen-bond acceptors (Lipinski definition) is 4. The van der Waals surface area contributed by atoms with E-state index in [1.54, 1.807) is 18.3 Å². The van der Waals surface area contributed by atoms with Gasteiger partial charge in [-0.25, -0.2) is 13.4 Å². The predicted molar refractivity (Wildman–Crippen MR) is 106 cm³/mol. The number of benzene rings is 1. The number of piperazine rings is 1. The molecule has 1 aromatic heterocycles. The zero-order valence-corrected chi connectivity index (χ0v) is 17.3. The summed E-state index contributed by atoms with van der Waals surface area (Å²) in [6, 6.07) is 7.56. The Morgan fingerprint density at radius 1 is 1.00 bits per heavy atom. The summed E-state index contributed by atoms with van der Waals surface area (Å²) in [7, 11) is -3.69. The highest BCUT2D eigenvalue weighted by molar-refractivity contribution is 7.89. The van der Waals surface area contributed by atoms with Crippen molar-refractivity contribution in [2.75, 3.05) is 18.0 Å². The maximum atomic E-state index is 13.1. The Morgan fingerprint density at radius 2 is 1.73 bits per heavy atom. The van der Waals surface area contributed by atoms with Crippen LogP contribution in [0.2, 0.25) is 15.1 Å². The number of anilines is 1. The predicted octanol–water partition coefficient (Wildman–Crippen LogP) is 4.33. The molecule has 3 rings (SSSR count). The Balaban J connectivity index is 1.89. The van der Waals surface area contributed by atoms with Crippen LogP contribution in [0.1, 0.15) is 13.8 Å². The minimum Gasteiger partial charge on any atom is -0.350 e. The highest BCUT2D eigenvalue weighted by atomic mass is 35.5. The fourth-order valence-corrected chi connectivity index (χ4v) is 5.41. The molecule has 26 heavy (non-hydrogen) atoms. The number of nitrogens with zero attached hydrogens (tertiary/aromatic N) is 3. The molecule has 0 spiro atoms. The number of sulfonamides is 1. The molecule has 2 unspecified atom stereocenters. The van der Waals surface area contributed by atoms with Crippen molar-refractivity contribution in [2.45, 2.75) is 30.8 Å². The average molecular weight is 435 g/mol. The van der Waals surface area contributed by atoms with Crippen LogP contribution in [0.4, 0.5) is 5.82 Å². The monoisotopic (exact) mass is 433 g/mol. The van der Waals surface area contributed by atoms with E-state index < -0.39 is 10.0 Å². The van der Waals surface area contributed by atoms with E-state index in [0.717, 1.165) is 0 Å². The smallest absolute Gasteiger partial charge is 0.243 e. The first-order valence-electron chi connectivity index (χ1n) is 8.06. The Kier molecular flexibility index (Phi) is 5.70. The number of hydrogen-bond donors (Lipinski definition) is 0. The molecule has 5 nitrogen and oxygen atoms in total. The van der Waals surface area contributed by atoms with E-state index in [1.807, 2.05) is 18.7 Å². The third-order valence-electron chi connectivity index (χ3n) is 4.44. The SMILES string of the molecule is CC1CN(S(=O)(=O)c2ccc(Cl)c(Cl)c2)C(C)CN1c1ncccc1Cl. The number of aromatic nitrogens is 1. The van der Waals surface area contributed by atoms with E-state index in [2.05, 4.69) is 4.98 Å². The van der Waals surface area contributed by atoms with Gasteiger partial charge in [-0.15, -0.1) is 0 Å². The molecular formula is C17H18Cl3N3O2S. The molecule has 140 valence electrons. The summed E-state index contributed by atoms with van der Waals surface area (Å²) in [5.74, 6) is 0.667. The van der Waals surface area contributed by atoms with Gasteiger partial charge in [-0.05, 0) is 44.2 Å². The summed E-state index contributed by atoms with van der Waals surface area (Å²) >= 11 is 18.2. The van der Waals surface area contributed by atoms with Crippen molar-refractivity contribution >= 4 is 50.6 Å². The molecule has 1 aliphatic heterocycles. The minimum atomic E-state index is -3.69. The van der Waals surface area contributed by atoms with Crippen LogP contribution in [0.5, 0.6) is 0 Å². The van der Waals surface area contributed by atoms with Gasteiger partial charge in [0.1, 0.15) is 5.82 Å². The highest BCUT2D eigenvalue weighted by Crippen LogP contribution is 2.32. The molecule has 1 aliphatic rings. The van der Waals surface area contributed by atoms with Crippen LogP contribution in [-0.2, 0) is 10.0 Å². The number of rotatable bonds is 3. The van der Waals surface area contributed by atoms with Crippen molar-refractivity contribution in [3.8, 4) is 0 Å². The first kappa shape index (κ1) is 19.7. The molecule has 9 heteroatoms. The molecule has 0 amide bonds. The fraction of sp³-hybridized carbons (Fsp3) is 0.353. The Morgan fingerprint density at radius 3 is 2.38 bits per heavy atom. The van der Waals surface area contributed by atoms with Gasteiger partial charge in [0.2, 0.25) is 10.0 Å². The molecule has 0 saturated carbocycles. The van der Waals surface area contributed by atoms with Gasteiger partial charge in [0.15, 0.2) is 0 Å². The summed E-state index contributed by atoms with van der Waals surface area (Å²) in [4.78, 5) is 6.52. The van der Waals surface area contributed by atoms with Gasteiger partial charge in [-0.3, -0.25) is 0 Å². The third-order valence-corrected chi connectivity index (χ3v) is 7.45. The minimum absolute atomic E-state index is 0.0869. The summed E-state index contributed by atoms with van der Waals surface area (Å²) in [5.41, 5.74) is 0. The van der Waals surface area contributed by atoms with Crippen molar-refractivity contribution in [1.82, 2.24) is 9.29 Å². The van der Waals surface area contributed by atoms with Crippen LogP contribution in [0.25, 0.3) is 0 Å². The number of halogens is 3. The summed E-state index contributed by atoms with van der Waals surface area (Å²) in [6.45, 7) is 4.62. The second-order valence-corrected chi connectivity index (χ2v) is 9.42. The van der Waals surface area contributed by atoms with Crippen LogP contribution in [0, 0.1) is 0 Å². The molecule has 0 bridgehead atoms.